The molecule has 0 aliphatic carbocycles. The van der Waals surface area contributed by atoms with Crippen molar-refractivity contribution in [2.24, 2.45) is 5.73 Å². The van der Waals surface area contributed by atoms with Gasteiger partial charge in [0.25, 0.3) is 0 Å². The van der Waals surface area contributed by atoms with Crippen molar-refractivity contribution in [2.45, 2.75) is 12.0 Å². The number of rotatable bonds is 3. The van der Waals surface area contributed by atoms with Gasteiger partial charge in [0.2, 0.25) is 0 Å². The molecule has 0 bridgehead atoms. The molecular weight excluding hydrogens is 254 g/mol. The van der Waals surface area contributed by atoms with Gasteiger partial charge >= 0.3 is 0 Å². The Morgan fingerprint density at radius 1 is 1.53 bits per heavy atom. The molecule has 1 fully saturated rings. The minimum Gasteiger partial charge on any atom is -0.377 e. The predicted octanol–water partition coefficient (Wildman–Crippen LogP) is 1.55. The van der Waals surface area contributed by atoms with E-state index in [1.807, 2.05) is 12.1 Å². The molecule has 1 atom stereocenters. The lowest BCUT2D eigenvalue weighted by atomic mass is 9.98. The maximum absolute atomic E-state index is 5.84. The van der Waals surface area contributed by atoms with E-state index in [2.05, 4.69) is 38.7 Å². The fourth-order valence-electron chi connectivity index (χ4n) is 1.95. The van der Waals surface area contributed by atoms with E-state index in [9.17, 15) is 0 Å². The van der Waals surface area contributed by atoms with Crippen LogP contribution in [0.1, 0.15) is 6.42 Å². The van der Waals surface area contributed by atoms with Crippen LogP contribution in [0.4, 0.5) is 5.69 Å². The van der Waals surface area contributed by atoms with Crippen molar-refractivity contribution >= 4 is 21.6 Å². The van der Waals surface area contributed by atoms with E-state index in [1.165, 1.54) is 0 Å². The van der Waals surface area contributed by atoms with Gasteiger partial charge in [-0.3, -0.25) is 0 Å². The van der Waals surface area contributed by atoms with E-state index in [-0.39, 0.29) is 5.54 Å². The standard InChI is InChI=1S/C11H16BrN3/c12-9-2-1-3-10(6-9)15-11(7-13)4-5-14-8-11/h1-3,6,14-15H,4-5,7-8,13H2. The summed E-state index contributed by atoms with van der Waals surface area (Å²) in [6.07, 6.45) is 1.08. The topological polar surface area (TPSA) is 50.1 Å². The summed E-state index contributed by atoms with van der Waals surface area (Å²) in [5, 5.41) is 6.87. The average molecular weight is 270 g/mol. The lowest BCUT2D eigenvalue weighted by Gasteiger charge is -2.29. The summed E-state index contributed by atoms with van der Waals surface area (Å²) in [5.41, 5.74) is 6.99. The number of benzene rings is 1. The second-order valence-electron chi connectivity index (χ2n) is 4.05. The van der Waals surface area contributed by atoms with Gasteiger partial charge in [0, 0.05) is 23.2 Å². The third kappa shape index (κ3) is 2.51. The quantitative estimate of drug-likeness (QED) is 0.781. The fourth-order valence-corrected chi connectivity index (χ4v) is 2.35. The van der Waals surface area contributed by atoms with Gasteiger partial charge in [0.15, 0.2) is 0 Å². The van der Waals surface area contributed by atoms with Gasteiger partial charge in [-0.1, -0.05) is 22.0 Å². The van der Waals surface area contributed by atoms with Crippen LogP contribution in [0.5, 0.6) is 0 Å². The minimum absolute atomic E-state index is 0.0286. The van der Waals surface area contributed by atoms with Crippen LogP contribution in [-0.4, -0.2) is 25.2 Å². The molecule has 4 N–H and O–H groups in total. The SMILES string of the molecule is NCC1(Nc2cccc(Br)c2)CCNC1. The number of nitrogens with two attached hydrogens (primary N) is 1. The highest BCUT2D eigenvalue weighted by Gasteiger charge is 2.31. The lowest BCUT2D eigenvalue weighted by molar-refractivity contribution is 0.523. The summed E-state index contributed by atoms with van der Waals surface area (Å²) in [6, 6.07) is 8.20. The van der Waals surface area contributed by atoms with Crippen LogP contribution >= 0.6 is 15.9 Å². The van der Waals surface area contributed by atoms with Gasteiger partial charge in [-0.05, 0) is 31.2 Å². The number of halogens is 1. The molecule has 1 aromatic rings. The highest BCUT2D eigenvalue weighted by molar-refractivity contribution is 9.10. The monoisotopic (exact) mass is 269 g/mol. The molecule has 1 aliphatic rings. The number of hydrogen-bond acceptors (Lipinski definition) is 3. The first-order chi connectivity index (χ1) is 7.24. The zero-order chi connectivity index (χ0) is 10.7. The Morgan fingerprint density at radius 3 is 3.00 bits per heavy atom. The van der Waals surface area contributed by atoms with E-state index >= 15 is 0 Å². The third-order valence-electron chi connectivity index (χ3n) is 2.87. The van der Waals surface area contributed by atoms with Crippen molar-refractivity contribution in [3.05, 3.63) is 28.7 Å². The Hall–Kier alpha value is -0.580. The second kappa shape index (κ2) is 4.51. The summed E-state index contributed by atoms with van der Waals surface area (Å²) >= 11 is 3.46. The van der Waals surface area contributed by atoms with Crippen LogP contribution in [0.15, 0.2) is 28.7 Å². The lowest BCUT2D eigenvalue weighted by Crippen LogP contribution is -2.47. The van der Waals surface area contributed by atoms with E-state index in [1.54, 1.807) is 0 Å². The third-order valence-corrected chi connectivity index (χ3v) is 3.36. The Morgan fingerprint density at radius 2 is 2.40 bits per heavy atom. The molecule has 1 unspecified atom stereocenters. The van der Waals surface area contributed by atoms with Crippen molar-refractivity contribution in [1.82, 2.24) is 5.32 Å². The second-order valence-corrected chi connectivity index (χ2v) is 4.96. The van der Waals surface area contributed by atoms with E-state index < -0.39 is 0 Å². The minimum atomic E-state index is 0.0286. The van der Waals surface area contributed by atoms with Crippen molar-refractivity contribution in [2.75, 3.05) is 25.0 Å². The normalized spacial score (nSPS) is 25.5. The largest absolute Gasteiger partial charge is 0.377 e. The van der Waals surface area contributed by atoms with Gasteiger partial charge < -0.3 is 16.4 Å². The maximum atomic E-state index is 5.84. The first kappa shape index (κ1) is 10.9. The average Bonchev–Trinajstić information content (AvgIpc) is 2.67. The van der Waals surface area contributed by atoms with Crippen molar-refractivity contribution in [3.8, 4) is 0 Å². The van der Waals surface area contributed by atoms with E-state index in [0.717, 1.165) is 29.7 Å². The summed E-state index contributed by atoms with van der Waals surface area (Å²) < 4.78 is 1.09. The van der Waals surface area contributed by atoms with Crippen LogP contribution in [0.3, 0.4) is 0 Å². The van der Waals surface area contributed by atoms with Crippen molar-refractivity contribution in [3.63, 3.8) is 0 Å². The summed E-state index contributed by atoms with van der Waals surface area (Å²) in [4.78, 5) is 0. The Bertz CT molecular complexity index is 334. The molecule has 4 heteroatoms. The molecule has 0 spiro atoms. The number of anilines is 1. The van der Waals surface area contributed by atoms with Gasteiger partial charge in [-0.15, -0.1) is 0 Å². The predicted molar refractivity (Wildman–Crippen MR) is 67.0 cm³/mol. The van der Waals surface area contributed by atoms with Gasteiger partial charge in [0.1, 0.15) is 0 Å². The molecule has 3 nitrogen and oxygen atoms in total. The Kier molecular flexibility index (Phi) is 3.29. The first-order valence-corrected chi connectivity index (χ1v) is 5.98. The van der Waals surface area contributed by atoms with Crippen molar-refractivity contribution < 1.29 is 0 Å². The smallest absolute Gasteiger partial charge is 0.0631 e. The van der Waals surface area contributed by atoms with Crippen LogP contribution in [0.25, 0.3) is 0 Å². The Labute approximate surface area is 98.6 Å². The van der Waals surface area contributed by atoms with Crippen molar-refractivity contribution in [1.29, 1.82) is 0 Å². The van der Waals surface area contributed by atoms with Crippen LogP contribution < -0.4 is 16.4 Å². The number of hydrogen-bond donors (Lipinski definition) is 3. The molecule has 1 saturated heterocycles. The summed E-state index contributed by atoms with van der Waals surface area (Å²) in [6.45, 7) is 2.64. The molecule has 0 radical (unpaired) electrons. The number of nitrogens with one attached hydrogen (secondary N) is 2. The maximum Gasteiger partial charge on any atom is 0.0631 e. The highest BCUT2D eigenvalue weighted by Crippen LogP contribution is 2.23. The summed E-state index contributed by atoms with van der Waals surface area (Å²) in [5.74, 6) is 0. The molecule has 82 valence electrons. The van der Waals surface area contributed by atoms with E-state index in [0.29, 0.717) is 6.54 Å². The summed E-state index contributed by atoms with van der Waals surface area (Å²) in [7, 11) is 0. The van der Waals surface area contributed by atoms with E-state index in [4.69, 9.17) is 5.73 Å². The first-order valence-electron chi connectivity index (χ1n) is 5.19. The van der Waals surface area contributed by atoms with Crippen LogP contribution in [0.2, 0.25) is 0 Å². The zero-order valence-corrected chi connectivity index (χ0v) is 10.2. The molecule has 1 heterocycles. The van der Waals surface area contributed by atoms with Crippen LogP contribution in [0, 0.1) is 0 Å². The molecule has 0 aromatic heterocycles. The highest BCUT2D eigenvalue weighted by atomic mass is 79.9. The molecular formula is C11H16BrN3. The zero-order valence-electron chi connectivity index (χ0n) is 8.59. The van der Waals surface area contributed by atoms with Crippen LogP contribution in [-0.2, 0) is 0 Å². The Balaban J connectivity index is 2.12. The fraction of sp³-hybridized carbons (Fsp3) is 0.455. The molecule has 0 amide bonds. The molecule has 15 heavy (non-hydrogen) atoms. The van der Waals surface area contributed by atoms with Gasteiger partial charge in [-0.2, -0.15) is 0 Å². The molecule has 1 aliphatic heterocycles. The molecule has 1 aromatic carbocycles. The molecule has 0 saturated carbocycles. The molecule has 2 rings (SSSR count). The van der Waals surface area contributed by atoms with Gasteiger partial charge in [0.05, 0.1) is 5.54 Å². The van der Waals surface area contributed by atoms with Gasteiger partial charge in [-0.25, -0.2) is 0 Å².